The monoisotopic (exact) mass is 231 g/mol. The van der Waals surface area contributed by atoms with Crippen molar-refractivity contribution in [1.29, 1.82) is 0 Å². The number of hydrogen-bond acceptors (Lipinski definition) is 3. The molecule has 5 nitrogen and oxygen atoms in total. The quantitative estimate of drug-likeness (QED) is 0.551. The van der Waals surface area contributed by atoms with E-state index in [4.69, 9.17) is 11.6 Å². The molecule has 0 bridgehead atoms. The lowest BCUT2D eigenvalue weighted by molar-refractivity contribution is -0.119. The zero-order chi connectivity index (χ0) is 11.4. The molecule has 0 unspecified atom stereocenters. The summed E-state index contributed by atoms with van der Waals surface area (Å²) >= 11 is 5.56. The van der Waals surface area contributed by atoms with Crippen molar-refractivity contribution in [1.82, 2.24) is 15.8 Å². The van der Waals surface area contributed by atoms with Crippen molar-refractivity contribution < 1.29 is 14.0 Å². The van der Waals surface area contributed by atoms with E-state index in [0.29, 0.717) is 0 Å². The number of rotatable bonds is 1. The third-order valence-corrected chi connectivity index (χ3v) is 1.70. The lowest BCUT2D eigenvalue weighted by atomic mass is 10.3. The first-order valence-electron chi connectivity index (χ1n) is 3.88. The minimum Gasteiger partial charge on any atom is -0.274 e. The van der Waals surface area contributed by atoms with Gasteiger partial charge in [0, 0.05) is 6.92 Å². The van der Waals surface area contributed by atoms with Gasteiger partial charge < -0.3 is 0 Å². The van der Waals surface area contributed by atoms with Gasteiger partial charge in [-0.25, -0.2) is 9.37 Å². The van der Waals surface area contributed by atoms with E-state index in [9.17, 15) is 14.0 Å². The van der Waals surface area contributed by atoms with E-state index in [-0.39, 0.29) is 10.7 Å². The second-order valence-corrected chi connectivity index (χ2v) is 2.99. The maximum absolute atomic E-state index is 12.7. The van der Waals surface area contributed by atoms with Crippen molar-refractivity contribution in [3.8, 4) is 0 Å². The molecule has 80 valence electrons. The first kappa shape index (κ1) is 11.4. The van der Waals surface area contributed by atoms with Gasteiger partial charge in [0.1, 0.15) is 11.0 Å². The summed E-state index contributed by atoms with van der Waals surface area (Å²) in [5.74, 6) is -1.88. The van der Waals surface area contributed by atoms with Crippen molar-refractivity contribution >= 4 is 23.4 Å². The van der Waals surface area contributed by atoms with Crippen LogP contribution >= 0.6 is 11.6 Å². The SMILES string of the molecule is CC(=O)NNC(=O)c1cc(F)cnc1Cl. The van der Waals surface area contributed by atoms with Crippen molar-refractivity contribution in [3.63, 3.8) is 0 Å². The molecular formula is C8H7ClFN3O2. The maximum Gasteiger partial charge on any atom is 0.272 e. The Balaban J connectivity index is 2.81. The van der Waals surface area contributed by atoms with Crippen LogP contribution < -0.4 is 10.9 Å². The van der Waals surface area contributed by atoms with E-state index >= 15 is 0 Å². The minimum absolute atomic E-state index is 0.140. The minimum atomic E-state index is -0.734. The molecule has 1 aromatic heterocycles. The average molecular weight is 232 g/mol. The van der Waals surface area contributed by atoms with Gasteiger partial charge in [-0.2, -0.15) is 0 Å². The fourth-order valence-electron chi connectivity index (χ4n) is 0.794. The van der Waals surface area contributed by atoms with Gasteiger partial charge in [0.05, 0.1) is 11.8 Å². The number of hydrogen-bond donors (Lipinski definition) is 2. The number of carbonyl (C=O) groups excluding carboxylic acids is 2. The molecule has 1 aromatic rings. The van der Waals surface area contributed by atoms with Crippen LogP contribution in [0.1, 0.15) is 17.3 Å². The Labute approximate surface area is 89.6 Å². The number of nitrogens with one attached hydrogen (secondary N) is 2. The molecular weight excluding hydrogens is 225 g/mol. The molecule has 0 atom stereocenters. The van der Waals surface area contributed by atoms with Crippen LogP contribution in [0.15, 0.2) is 12.3 Å². The highest BCUT2D eigenvalue weighted by atomic mass is 35.5. The van der Waals surface area contributed by atoms with Gasteiger partial charge in [0.15, 0.2) is 0 Å². The molecule has 7 heteroatoms. The molecule has 0 saturated heterocycles. The van der Waals surface area contributed by atoms with Crippen molar-refractivity contribution in [2.75, 3.05) is 0 Å². The van der Waals surface area contributed by atoms with Crippen LogP contribution in [0, 0.1) is 5.82 Å². The van der Waals surface area contributed by atoms with Gasteiger partial charge >= 0.3 is 0 Å². The number of aromatic nitrogens is 1. The summed E-state index contributed by atoms with van der Waals surface area (Å²) < 4.78 is 12.7. The fourth-order valence-corrected chi connectivity index (χ4v) is 0.983. The summed E-state index contributed by atoms with van der Waals surface area (Å²) in [5.41, 5.74) is 3.93. The fraction of sp³-hybridized carbons (Fsp3) is 0.125. The van der Waals surface area contributed by atoms with E-state index < -0.39 is 17.6 Å². The van der Waals surface area contributed by atoms with Gasteiger partial charge in [0.2, 0.25) is 5.91 Å². The van der Waals surface area contributed by atoms with Crippen LogP contribution in [0.2, 0.25) is 5.15 Å². The third-order valence-electron chi connectivity index (χ3n) is 1.40. The third kappa shape index (κ3) is 3.17. The highest BCUT2D eigenvalue weighted by molar-refractivity contribution is 6.32. The Morgan fingerprint density at radius 3 is 2.73 bits per heavy atom. The Morgan fingerprint density at radius 2 is 2.13 bits per heavy atom. The molecule has 2 N–H and O–H groups in total. The van der Waals surface area contributed by atoms with E-state index in [0.717, 1.165) is 12.3 Å². The Kier molecular flexibility index (Phi) is 3.56. The van der Waals surface area contributed by atoms with Gasteiger partial charge in [-0.3, -0.25) is 20.4 Å². The number of carbonyl (C=O) groups is 2. The van der Waals surface area contributed by atoms with Gasteiger partial charge in [0.25, 0.3) is 5.91 Å². The molecule has 0 aromatic carbocycles. The summed E-state index contributed by atoms with van der Waals surface area (Å²) in [7, 11) is 0. The highest BCUT2D eigenvalue weighted by Gasteiger charge is 2.12. The lowest BCUT2D eigenvalue weighted by Crippen LogP contribution is -2.40. The second-order valence-electron chi connectivity index (χ2n) is 2.63. The van der Waals surface area contributed by atoms with Crippen LogP contribution in [-0.2, 0) is 4.79 Å². The van der Waals surface area contributed by atoms with E-state index in [2.05, 4.69) is 4.98 Å². The number of nitrogens with zero attached hydrogens (tertiary/aromatic N) is 1. The van der Waals surface area contributed by atoms with Crippen LogP contribution in [0.25, 0.3) is 0 Å². The number of halogens is 2. The molecule has 0 aliphatic carbocycles. The topological polar surface area (TPSA) is 71.1 Å². The van der Waals surface area contributed by atoms with Gasteiger partial charge in [-0.05, 0) is 6.07 Å². The summed E-state index contributed by atoms with van der Waals surface area (Å²) in [6.45, 7) is 1.21. The zero-order valence-electron chi connectivity index (χ0n) is 7.67. The summed E-state index contributed by atoms with van der Waals surface area (Å²) in [4.78, 5) is 25.2. The van der Waals surface area contributed by atoms with Crippen molar-refractivity contribution in [2.45, 2.75) is 6.92 Å². The average Bonchev–Trinajstić information content (AvgIpc) is 2.18. The normalized spacial score (nSPS) is 9.53. The van der Waals surface area contributed by atoms with Crippen LogP contribution in [0.5, 0.6) is 0 Å². The molecule has 1 rings (SSSR count). The summed E-state index contributed by atoms with van der Waals surface area (Å²) in [6.07, 6.45) is 0.886. The predicted octanol–water partition coefficient (Wildman–Crippen LogP) is 0.655. The molecule has 15 heavy (non-hydrogen) atoms. The zero-order valence-corrected chi connectivity index (χ0v) is 8.43. The van der Waals surface area contributed by atoms with Crippen LogP contribution in [0.3, 0.4) is 0 Å². The molecule has 0 aliphatic rings. The first-order valence-corrected chi connectivity index (χ1v) is 4.26. The Morgan fingerprint density at radius 1 is 1.47 bits per heavy atom. The smallest absolute Gasteiger partial charge is 0.272 e. The van der Waals surface area contributed by atoms with Gasteiger partial charge in [-0.15, -0.1) is 0 Å². The molecule has 0 fully saturated rings. The molecule has 0 saturated carbocycles. The van der Waals surface area contributed by atoms with Gasteiger partial charge in [-0.1, -0.05) is 11.6 Å². The molecule has 2 amide bonds. The number of pyridine rings is 1. The first-order chi connectivity index (χ1) is 7.00. The number of hydrazine groups is 1. The summed E-state index contributed by atoms with van der Waals surface area (Å²) in [5, 5.41) is -0.140. The molecule has 0 aliphatic heterocycles. The van der Waals surface area contributed by atoms with E-state index in [1.165, 1.54) is 6.92 Å². The molecule has 0 spiro atoms. The summed E-state index contributed by atoms with van der Waals surface area (Å²) in [6, 6.07) is 0.923. The lowest BCUT2D eigenvalue weighted by Gasteiger charge is -2.05. The molecule has 0 radical (unpaired) electrons. The van der Waals surface area contributed by atoms with Crippen molar-refractivity contribution in [3.05, 3.63) is 28.8 Å². The Hall–Kier alpha value is -1.69. The second kappa shape index (κ2) is 4.70. The largest absolute Gasteiger partial charge is 0.274 e. The Bertz CT molecular complexity index is 411. The van der Waals surface area contributed by atoms with E-state index in [1.54, 1.807) is 0 Å². The van der Waals surface area contributed by atoms with Crippen molar-refractivity contribution in [2.24, 2.45) is 0 Å². The maximum atomic E-state index is 12.7. The number of amides is 2. The van der Waals surface area contributed by atoms with E-state index in [1.807, 2.05) is 10.9 Å². The molecule has 1 heterocycles. The predicted molar refractivity (Wildman–Crippen MR) is 50.5 cm³/mol. The highest BCUT2D eigenvalue weighted by Crippen LogP contribution is 2.12. The van der Waals surface area contributed by atoms with Crippen LogP contribution in [-0.4, -0.2) is 16.8 Å². The standard InChI is InChI=1S/C8H7ClFN3O2/c1-4(14)12-13-8(15)6-2-5(10)3-11-7(6)9/h2-3H,1H3,(H,12,14)(H,13,15). The van der Waals surface area contributed by atoms with Crippen LogP contribution in [0.4, 0.5) is 4.39 Å².